The second-order valence-corrected chi connectivity index (χ2v) is 5.86. The monoisotopic (exact) mass is 282 g/mol. The van der Waals surface area contributed by atoms with E-state index in [2.05, 4.69) is 0 Å². The van der Waals surface area contributed by atoms with Crippen LogP contribution in [0.15, 0.2) is 23.1 Å². The minimum atomic E-state index is -4.59. The van der Waals surface area contributed by atoms with Crippen molar-refractivity contribution in [3.05, 3.63) is 23.8 Å². The molecule has 1 rings (SSSR count). The molecular formula is C10H13F3N2O2S. The molecule has 0 radical (unpaired) electrons. The van der Waals surface area contributed by atoms with Gasteiger partial charge in [0.1, 0.15) is 6.54 Å². The number of nitrogens with zero attached hydrogens (tertiary/aromatic N) is 1. The van der Waals surface area contributed by atoms with E-state index in [0.29, 0.717) is 0 Å². The van der Waals surface area contributed by atoms with Gasteiger partial charge >= 0.3 is 6.18 Å². The average molecular weight is 282 g/mol. The third-order valence-corrected chi connectivity index (χ3v) is 4.36. The van der Waals surface area contributed by atoms with Crippen molar-refractivity contribution in [2.75, 3.05) is 19.3 Å². The van der Waals surface area contributed by atoms with Crippen LogP contribution in [0.3, 0.4) is 0 Å². The Balaban J connectivity index is 3.18. The number of nitrogens with two attached hydrogens (primary N) is 1. The van der Waals surface area contributed by atoms with Gasteiger partial charge in [-0.1, -0.05) is 6.07 Å². The van der Waals surface area contributed by atoms with E-state index in [4.69, 9.17) is 5.73 Å². The van der Waals surface area contributed by atoms with E-state index in [1.807, 2.05) is 0 Å². The number of halogens is 3. The van der Waals surface area contributed by atoms with Gasteiger partial charge in [0.05, 0.1) is 4.90 Å². The molecule has 1 aromatic rings. The lowest BCUT2D eigenvalue weighted by Crippen LogP contribution is -2.36. The lowest BCUT2D eigenvalue weighted by molar-refractivity contribution is -0.134. The molecule has 0 saturated carbocycles. The normalized spacial score (nSPS) is 13.0. The van der Waals surface area contributed by atoms with E-state index >= 15 is 0 Å². The predicted molar refractivity (Wildman–Crippen MR) is 61.5 cm³/mol. The lowest BCUT2D eigenvalue weighted by atomic mass is 10.2. The van der Waals surface area contributed by atoms with Crippen molar-refractivity contribution in [1.82, 2.24) is 4.31 Å². The summed E-state index contributed by atoms with van der Waals surface area (Å²) in [5, 5.41) is 0. The molecule has 4 nitrogen and oxygen atoms in total. The Morgan fingerprint density at radius 3 is 2.39 bits per heavy atom. The maximum Gasteiger partial charge on any atom is 0.402 e. The van der Waals surface area contributed by atoms with Crippen LogP contribution in [-0.4, -0.2) is 32.5 Å². The van der Waals surface area contributed by atoms with E-state index in [-0.39, 0.29) is 20.5 Å². The van der Waals surface area contributed by atoms with E-state index in [9.17, 15) is 21.6 Å². The zero-order valence-corrected chi connectivity index (χ0v) is 10.6. The molecule has 0 fully saturated rings. The Kier molecular flexibility index (Phi) is 3.92. The van der Waals surface area contributed by atoms with Gasteiger partial charge in [0.2, 0.25) is 10.0 Å². The largest absolute Gasteiger partial charge is 0.402 e. The van der Waals surface area contributed by atoms with Gasteiger partial charge < -0.3 is 5.73 Å². The topological polar surface area (TPSA) is 63.4 Å². The Morgan fingerprint density at radius 1 is 1.33 bits per heavy atom. The highest BCUT2D eigenvalue weighted by atomic mass is 32.2. The van der Waals surface area contributed by atoms with Gasteiger partial charge in [-0.2, -0.15) is 17.5 Å². The van der Waals surface area contributed by atoms with Crippen LogP contribution in [0.1, 0.15) is 5.56 Å². The molecule has 0 spiro atoms. The number of anilines is 1. The third kappa shape index (κ3) is 3.14. The SMILES string of the molecule is Cc1c(N)cccc1S(=O)(=O)N(C)CC(F)(F)F. The highest BCUT2D eigenvalue weighted by Crippen LogP contribution is 2.25. The first-order valence-electron chi connectivity index (χ1n) is 4.94. The van der Waals surface area contributed by atoms with Crippen LogP contribution in [-0.2, 0) is 10.0 Å². The zero-order valence-electron chi connectivity index (χ0n) is 9.82. The fourth-order valence-corrected chi connectivity index (χ4v) is 2.82. The molecular weight excluding hydrogens is 269 g/mol. The number of nitrogen functional groups attached to an aromatic ring is 1. The van der Waals surface area contributed by atoms with E-state index < -0.39 is 22.7 Å². The maximum atomic E-state index is 12.2. The van der Waals surface area contributed by atoms with Gasteiger partial charge in [0.15, 0.2) is 0 Å². The summed E-state index contributed by atoms with van der Waals surface area (Å²) in [6, 6.07) is 4.10. The predicted octanol–water partition coefficient (Wildman–Crippen LogP) is 1.76. The summed E-state index contributed by atoms with van der Waals surface area (Å²) in [7, 11) is -3.31. The van der Waals surface area contributed by atoms with E-state index in [0.717, 1.165) is 7.05 Å². The van der Waals surface area contributed by atoms with Crippen molar-refractivity contribution >= 4 is 15.7 Å². The number of sulfonamides is 1. The number of rotatable bonds is 3. The molecule has 1 aromatic carbocycles. The summed E-state index contributed by atoms with van der Waals surface area (Å²) in [6.45, 7) is -0.0901. The van der Waals surface area contributed by atoms with Gasteiger partial charge in [-0.25, -0.2) is 8.42 Å². The van der Waals surface area contributed by atoms with Gasteiger partial charge in [0.25, 0.3) is 0 Å². The smallest absolute Gasteiger partial charge is 0.398 e. The van der Waals surface area contributed by atoms with Crippen LogP contribution >= 0.6 is 0 Å². The molecule has 0 unspecified atom stereocenters. The summed E-state index contributed by atoms with van der Waals surface area (Å²) >= 11 is 0. The molecule has 8 heteroatoms. The second kappa shape index (κ2) is 4.77. The highest BCUT2D eigenvalue weighted by molar-refractivity contribution is 7.89. The molecule has 0 aromatic heterocycles. The fourth-order valence-electron chi connectivity index (χ4n) is 1.42. The number of hydrogen-bond donors (Lipinski definition) is 1. The third-order valence-electron chi connectivity index (χ3n) is 2.42. The average Bonchev–Trinajstić information content (AvgIpc) is 2.19. The first-order chi connectivity index (χ1) is 8.05. The number of hydrogen-bond acceptors (Lipinski definition) is 3. The minimum Gasteiger partial charge on any atom is -0.398 e. The van der Waals surface area contributed by atoms with Crippen molar-refractivity contribution in [3.63, 3.8) is 0 Å². The second-order valence-electron chi connectivity index (χ2n) is 3.85. The molecule has 0 bridgehead atoms. The molecule has 2 N–H and O–H groups in total. The Hall–Kier alpha value is -1.28. The summed E-state index contributed by atoms with van der Waals surface area (Å²) in [5.74, 6) is 0. The first-order valence-corrected chi connectivity index (χ1v) is 6.38. The van der Waals surface area contributed by atoms with Crippen molar-refractivity contribution < 1.29 is 21.6 Å². The number of alkyl halides is 3. The van der Waals surface area contributed by atoms with Gasteiger partial charge in [-0.3, -0.25) is 0 Å². The molecule has 0 amide bonds. The zero-order chi connectivity index (χ0) is 14.1. The quantitative estimate of drug-likeness (QED) is 0.859. The van der Waals surface area contributed by atoms with Crippen molar-refractivity contribution in [1.29, 1.82) is 0 Å². The number of benzene rings is 1. The van der Waals surface area contributed by atoms with Crippen LogP contribution in [0.5, 0.6) is 0 Å². The molecule has 0 saturated heterocycles. The highest BCUT2D eigenvalue weighted by Gasteiger charge is 2.35. The summed E-state index contributed by atoms with van der Waals surface area (Å²) < 4.78 is 60.8. The Labute approximate surface area is 103 Å². The molecule has 18 heavy (non-hydrogen) atoms. The fraction of sp³-hybridized carbons (Fsp3) is 0.400. The Bertz CT molecular complexity index is 541. The lowest BCUT2D eigenvalue weighted by Gasteiger charge is -2.20. The van der Waals surface area contributed by atoms with Crippen molar-refractivity contribution in [2.45, 2.75) is 18.0 Å². The van der Waals surface area contributed by atoms with Gasteiger partial charge in [-0.05, 0) is 24.6 Å². The van der Waals surface area contributed by atoms with E-state index in [1.54, 1.807) is 0 Å². The minimum absolute atomic E-state index is 0.214. The molecule has 0 aliphatic rings. The molecule has 0 aliphatic heterocycles. The van der Waals surface area contributed by atoms with Crippen LogP contribution in [0, 0.1) is 6.92 Å². The maximum absolute atomic E-state index is 12.2. The van der Waals surface area contributed by atoms with Crippen LogP contribution in [0.2, 0.25) is 0 Å². The summed E-state index contributed by atoms with van der Waals surface area (Å²) in [4.78, 5) is -0.214. The van der Waals surface area contributed by atoms with Gasteiger partial charge in [-0.15, -0.1) is 0 Å². The molecule has 0 aliphatic carbocycles. The first kappa shape index (κ1) is 14.8. The molecule has 0 atom stereocenters. The van der Waals surface area contributed by atoms with Crippen LogP contribution in [0.25, 0.3) is 0 Å². The van der Waals surface area contributed by atoms with Crippen molar-refractivity contribution in [2.24, 2.45) is 0 Å². The molecule has 0 heterocycles. The van der Waals surface area contributed by atoms with Crippen LogP contribution < -0.4 is 5.73 Å². The van der Waals surface area contributed by atoms with Crippen molar-refractivity contribution in [3.8, 4) is 0 Å². The van der Waals surface area contributed by atoms with E-state index in [1.165, 1.54) is 25.1 Å². The summed E-state index contributed by atoms with van der Waals surface area (Å²) in [6.07, 6.45) is -4.59. The summed E-state index contributed by atoms with van der Waals surface area (Å²) in [5.41, 5.74) is 6.00. The van der Waals surface area contributed by atoms with Gasteiger partial charge in [0, 0.05) is 12.7 Å². The standard InChI is InChI=1S/C10H13F3N2O2S/c1-7-8(14)4-3-5-9(7)18(16,17)15(2)6-10(11,12)13/h3-5H,6,14H2,1-2H3. The Morgan fingerprint density at radius 2 is 1.89 bits per heavy atom. The van der Waals surface area contributed by atoms with Crippen LogP contribution in [0.4, 0.5) is 18.9 Å². The molecule has 102 valence electrons.